The lowest BCUT2D eigenvalue weighted by molar-refractivity contribution is -0.138. The van der Waals surface area contributed by atoms with E-state index in [2.05, 4.69) is 12.1 Å². The third-order valence-corrected chi connectivity index (χ3v) is 3.29. The van der Waals surface area contributed by atoms with Crippen LogP contribution in [0.25, 0.3) is 0 Å². The van der Waals surface area contributed by atoms with Crippen molar-refractivity contribution >= 4 is 5.91 Å². The highest BCUT2D eigenvalue weighted by Crippen LogP contribution is 2.09. The van der Waals surface area contributed by atoms with Crippen molar-refractivity contribution < 1.29 is 9.53 Å². The quantitative estimate of drug-likeness (QED) is 0.816. The van der Waals surface area contributed by atoms with Crippen molar-refractivity contribution in [2.45, 2.75) is 32.3 Å². The molecule has 1 aromatic rings. The van der Waals surface area contributed by atoms with E-state index in [1.54, 1.807) is 0 Å². The molecule has 1 aliphatic rings. The number of morpholine rings is 1. The van der Waals surface area contributed by atoms with Gasteiger partial charge >= 0.3 is 0 Å². The van der Waals surface area contributed by atoms with Crippen LogP contribution < -0.4 is 0 Å². The first kappa shape index (κ1) is 13.1. The molecule has 98 valence electrons. The van der Waals surface area contributed by atoms with Gasteiger partial charge in [-0.1, -0.05) is 30.3 Å². The Morgan fingerprint density at radius 1 is 1.39 bits per heavy atom. The van der Waals surface area contributed by atoms with E-state index in [1.807, 2.05) is 30.0 Å². The second kappa shape index (κ2) is 6.55. The highest BCUT2D eigenvalue weighted by atomic mass is 16.5. The van der Waals surface area contributed by atoms with Crippen LogP contribution in [-0.4, -0.2) is 36.6 Å². The van der Waals surface area contributed by atoms with Gasteiger partial charge in [-0.25, -0.2) is 0 Å². The second-order valence-electron chi connectivity index (χ2n) is 4.86. The summed E-state index contributed by atoms with van der Waals surface area (Å²) in [5.74, 6) is 0.265. The average molecular weight is 247 g/mol. The lowest BCUT2D eigenvalue weighted by atomic mass is 10.1. The van der Waals surface area contributed by atoms with Crippen LogP contribution in [0, 0.1) is 0 Å². The van der Waals surface area contributed by atoms with E-state index in [0.717, 1.165) is 25.9 Å². The second-order valence-corrected chi connectivity index (χ2v) is 4.86. The van der Waals surface area contributed by atoms with Crippen molar-refractivity contribution in [3.63, 3.8) is 0 Å². The molecule has 1 heterocycles. The van der Waals surface area contributed by atoms with Gasteiger partial charge < -0.3 is 9.64 Å². The molecule has 2 rings (SSSR count). The largest absolute Gasteiger partial charge is 0.375 e. The first-order valence-electron chi connectivity index (χ1n) is 6.69. The number of hydrogen-bond acceptors (Lipinski definition) is 2. The molecule has 0 bridgehead atoms. The molecule has 0 N–H and O–H groups in total. The number of hydrogen-bond donors (Lipinski definition) is 0. The fraction of sp³-hybridized carbons (Fsp3) is 0.533. The van der Waals surface area contributed by atoms with Gasteiger partial charge in [-0.3, -0.25) is 4.79 Å². The molecule has 3 heteroatoms. The van der Waals surface area contributed by atoms with Gasteiger partial charge in [-0.2, -0.15) is 0 Å². The predicted molar refractivity (Wildman–Crippen MR) is 71.4 cm³/mol. The van der Waals surface area contributed by atoms with E-state index in [-0.39, 0.29) is 12.0 Å². The Morgan fingerprint density at radius 2 is 2.17 bits per heavy atom. The summed E-state index contributed by atoms with van der Waals surface area (Å²) in [5.41, 5.74) is 1.31. The Morgan fingerprint density at radius 3 is 2.89 bits per heavy atom. The third kappa shape index (κ3) is 3.84. The molecule has 18 heavy (non-hydrogen) atoms. The summed E-state index contributed by atoms with van der Waals surface area (Å²) in [6.45, 7) is 4.17. The molecule has 1 amide bonds. The number of benzene rings is 1. The predicted octanol–water partition coefficient (Wildman–Crippen LogP) is 2.26. The average Bonchev–Trinajstić information content (AvgIpc) is 2.40. The van der Waals surface area contributed by atoms with E-state index in [4.69, 9.17) is 4.74 Å². The Labute approximate surface area is 109 Å². The van der Waals surface area contributed by atoms with Crippen molar-refractivity contribution in [2.24, 2.45) is 0 Å². The minimum atomic E-state index is 0.178. The lowest BCUT2D eigenvalue weighted by Crippen LogP contribution is -2.44. The first-order chi connectivity index (χ1) is 8.75. The van der Waals surface area contributed by atoms with Crippen molar-refractivity contribution in [1.82, 2.24) is 4.90 Å². The Hall–Kier alpha value is -1.35. The molecule has 3 nitrogen and oxygen atoms in total. The Bertz CT molecular complexity index is 377. The molecule has 1 saturated heterocycles. The zero-order chi connectivity index (χ0) is 12.8. The van der Waals surface area contributed by atoms with Gasteiger partial charge in [0.25, 0.3) is 0 Å². The van der Waals surface area contributed by atoms with Gasteiger partial charge in [-0.15, -0.1) is 0 Å². The van der Waals surface area contributed by atoms with E-state index < -0.39 is 0 Å². The zero-order valence-electron chi connectivity index (χ0n) is 11.0. The van der Waals surface area contributed by atoms with Gasteiger partial charge in [0.2, 0.25) is 5.91 Å². The molecule has 1 aromatic carbocycles. The molecule has 0 aromatic heterocycles. The van der Waals surface area contributed by atoms with Crippen LogP contribution in [0.3, 0.4) is 0 Å². The van der Waals surface area contributed by atoms with Gasteiger partial charge in [0, 0.05) is 19.5 Å². The molecular weight excluding hydrogens is 226 g/mol. The first-order valence-corrected chi connectivity index (χ1v) is 6.69. The van der Waals surface area contributed by atoms with Crippen LogP contribution in [0.1, 0.15) is 25.3 Å². The molecule has 0 aliphatic carbocycles. The number of aryl methyl sites for hydroxylation is 1. The lowest BCUT2D eigenvalue weighted by Gasteiger charge is -2.31. The van der Waals surface area contributed by atoms with Gasteiger partial charge in [-0.05, 0) is 25.3 Å². The van der Waals surface area contributed by atoms with Crippen LogP contribution in [-0.2, 0) is 16.0 Å². The zero-order valence-corrected chi connectivity index (χ0v) is 11.0. The number of nitrogens with zero attached hydrogens (tertiary/aromatic N) is 1. The summed E-state index contributed by atoms with van der Waals surface area (Å²) in [6, 6.07) is 10.3. The topological polar surface area (TPSA) is 29.5 Å². The number of amides is 1. The van der Waals surface area contributed by atoms with E-state index in [1.165, 1.54) is 5.56 Å². The minimum Gasteiger partial charge on any atom is -0.375 e. The van der Waals surface area contributed by atoms with Gasteiger partial charge in [0.05, 0.1) is 12.7 Å². The smallest absolute Gasteiger partial charge is 0.222 e. The maximum atomic E-state index is 12.0. The number of rotatable bonds is 4. The van der Waals surface area contributed by atoms with E-state index in [9.17, 15) is 4.79 Å². The van der Waals surface area contributed by atoms with Crippen molar-refractivity contribution in [3.8, 4) is 0 Å². The summed E-state index contributed by atoms with van der Waals surface area (Å²) >= 11 is 0. The van der Waals surface area contributed by atoms with E-state index >= 15 is 0 Å². The molecular formula is C15H21NO2. The molecule has 0 saturated carbocycles. The summed E-state index contributed by atoms with van der Waals surface area (Å²) in [7, 11) is 0. The standard InChI is InChI=1S/C15H21NO2/c1-13-12-16(10-11-18-13)15(17)9-5-8-14-6-3-2-4-7-14/h2-4,6-7,13H,5,8-12H2,1H3/t13-/m1/s1. The van der Waals surface area contributed by atoms with Crippen LogP contribution in [0.15, 0.2) is 30.3 Å². The SMILES string of the molecule is C[C@@H]1CN(C(=O)CCCc2ccccc2)CCO1. The number of ether oxygens (including phenoxy) is 1. The fourth-order valence-corrected chi connectivity index (χ4v) is 2.29. The highest BCUT2D eigenvalue weighted by Gasteiger charge is 2.20. The Balaban J connectivity index is 1.71. The summed E-state index contributed by atoms with van der Waals surface area (Å²) in [4.78, 5) is 13.9. The molecule has 0 radical (unpaired) electrons. The van der Waals surface area contributed by atoms with Crippen LogP contribution >= 0.6 is 0 Å². The van der Waals surface area contributed by atoms with Crippen molar-refractivity contribution in [3.05, 3.63) is 35.9 Å². The maximum absolute atomic E-state index is 12.0. The highest BCUT2D eigenvalue weighted by molar-refractivity contribution is 5.76. The fourth-order valence-electron chi connectivity index (χ4n) is 2.29. The molecule has 0 unspecified atom stereocenters. The minimum absolute atomic E-state index is 0.178. The molecule has 1 atom stereocenters. The summed E-state index contributed by atoms with van der Waals surface area (Å²) < 4.78 is 5.44. The number of carbonyl (C=O) groups is 1. The van der Waals surface area contributed by atoms with Crippen molar-refractivity contribution in [1.29, 1.82) is 0 Å². The molecule has 1 fully saturated rings. The van der Waals surface area contributed by atoms with Gasteiger partial charge in [0.1, 0.15) is 0 Å². The van der Waals surface area contributed by atoms with E-state index in [0.29, 0.717) is 13.0 Å². The summed E-state index contributed by atoms with van der Waals surface area (Å²) in [5, 5.41) is 0. The van der Waals surface area contributed by atoms with Crippen LogP contribution in [0.4, 0.5) is 0 Å². The third-order valence-electron chi connectivity index (χ3n) is 3.29. The van der Waals surface area contributed by atoms with Crippen LogP contribution in [0.5, 0.6) is 0 Å². The van der Waals surface area contributed by atoms with Crippen LogP contribution in [0.2, 0.25) is 0 Å². The summed E-state index contributed by atoms with van der Waals surface area (Å²) in [6.07, 6.45) is 2.72. The maximum Gasteiger partial charge on any atom is 0.222 e. The van der Waals surface area contributed by atoms with Crippen molar-refractivity contribution in [2.75, 3.05) is 19.7 Å². The molecule has 1 aliphatic heterocycles. The monoisotopic (exact) mass is 247 g/mol. The molecule has 0 spiro atoms. The van der Waals surface area contributed by atoms with Gasteiger partial charge in [0.15, 0.2) is 0 Å². The number of carbonyl (C=O) groups excluding carboxylic acids is 1. The normalized spacial score (nSPS) is 19.8. The Kier molecular flexibility index (Phi) is 4.76.